The molecule has 0 aliphatic heterocycles. The van der Waals surface area contributed by atoms with Gasteiger partial charge in [-0.3, -0.25) is 9.78 Å². The number of nitrogens with zero attached hydrogens (tertiary/aromatic N) is 4. The lowest BCUT2D eigenvalue weighted by molar-refractivity contribution is -0.391. The van der Waals surface area contributed by atoms with Gasteiger partial charge in [0, 0.05) is 25.5 Å². The van der Waals surface area contributed by atoms with Gasteiger partial charge in [0.15, 0.2) is 4.21 Å². The van der Waals surface area contributed by atoms with E-state index in [-0.39, 0.29) is 31.0 Å². The number of aromatic nitrogens is 2. The Kier molecular flexibility index (Phi) is 6.39. The first-order chi connectivity index (χ1) is 11.4. The lowest BCUT2D eigenvalue weighted by atomic mass is 10.4. The van der Waals surface area contributed by atoms with Crippen molar-refractivity contribution in [2.75, 3.05) is 13.1 Å². The molecule has 0 fully saturated rings. The maximum Gasteiger partial charge on any atom is 0.389 e. The van der Waals surface area contributed by atoms with E-state index in [9.17, 15) is 14.9 Å². The molecule has 0 radical (unpaired) electrons. The predicted octanol–water partition coefficient (Wildman–Crippen LogP) is 4.39. The van der Waals surface area contributed by atoms with E-state index < -0.39 is 4.92 Å². The molecular weight excluding hydrogens is 395 g/mol. The van der Waals surface area contributed by atoms with Crippen LogP contribution in [0.1, 0.15) is 23.6 Å². The highest BCUT2D eigenvalue weighted by Gasteiger charge is 2.30. The van der Waals surface area contributed by atoms with Crippen molar-refractivity contribution in [1.82, 2.24) is 14.9 Å². The summed E-state index contributed by atoms with van der Waals surface area (Å²) in [5.41, 5.74) is 0. The molecule has 2 aromatic rings. The molecule has 0 N–H and O–H groups in total. The minimum Gasteiger partial charge on any atom is -0.358 e. The first-order valence-corrected chi connectivity index (χ1v) is 9.19. The van der Waals surface area contributed by atoms with Crippen LogP contribution in [0, 0.1) is 10.1 Å². The molecule has 2 heterocycles. The minimum absolute atomic E-state index is 0.0641. The Labute approximate surface area is 156 Å². The Bertz CT molecular complexity index is 760. The number of hydrogen-bond acceptors (Lipinski definition) is 7. The molecule has 128 valence electrons. The number of halogens is 2. The highest BCUT2D eigenvalue weighted by molar-refractivity contribution is 8.01. The molecule has 2 rings (SSSR count). The van der Waals surface area contributed by atoms with E-state index in [1.807, 2.05) is 13.8 Å². The van der Waals surface area contributed by atoms with Crippen molar-refractivity contribution in [1.29, 1.82) is 0 Å². The molecule has 7 nitrogen and oxygen atoms in total. The van der Waals surface area contributed by atoms with Crippen LogP contribution in [-0.4, -0.2) is 38.8 Å². The van der Waals surface area contributed by atoms with Crippen molar-refractivity contribution in [3.63, 3.8) is 0 Å². The number of amides is 1. The van der Waals surface area contributed by atoms with Gasteiger partial charge < -0.3 is 15.0 Å². The highest BCUT2D eigenvalue weighted by atomic mass is 35.5. The van der Waals surface area contributed by atoms with E-state index in [1.54, 1.807) is 4.90 Å². The van der Waals surface area contributed by atoms with Crippen molar-refractivity contribution in [2.24, 2.45) is 0 Å². The second-order valence-corrected chi connectivity index (χ2v) is 7.49. The van der Waals surface area contributed by atoms with Crippen LogP contribution in [0.25, 0.3) is 0 Å². The summed E-state index contributed by atoms with van der Waals surface area (Å²) >= 11 is 14.0. The van der Waals surface area contributed by atoms with E-state index in [0.717, 1.165) is 23.1 Å². The number of carbonyl (C=O) groups excluding carboxylic acids is 1. The lowest BCUT2D eigenvalue weighted by Gasteiger charge is -2.14. The average Bonchev–Trinajstić information content (AvgIpc) is 2.96. The van der Waals surface area contributed by atoms with Gasteiger partial charge in [0.1, 0.15) is 0 Å². The standard InChI is InChI=1S/C13H12Cl2N4O3S2/c1-3-18(4-2)12(20)11-17-10(19(21)22)13(24-11)23-9-7(14)5-16-6-8(9)15/h5-6H,3-4H2,1-2H3. The number of nitro groups is 1. The molecule has 2 aromatic heterocycles. The summed E-state index contributed by atoms with van der Waals surface area (Å²) < 4.78 is 0.241. The third-order valence-electron chi connectivity index (χ3n) is 2.99. The topological polar surface area (TPSA) is 89.2 Å². The summed E-state index contributed by atoms with van der Waals surface area (Å²) in [7, 11) is 0. The number of thiazole rings is 1. The van der Waals surface area contributed by atoms with Gasteiger partial charge >= 0.3 is 11.7 Å². The summed E-state index contributed by atoms with van der Waals surface area (Å²) in [6.07, 6.45) is 2.79. The van der Waals surface area contributed by atoms with Crippen LogP contribution in [0.2, 0.25) is 10.0 Å². The van der Waals surface area contributed by atoms with Crippen LogP contribution in [0.15, 0.2) is 21.5 Å². The average molecular weight is 407 g/mol. The molecule has 11 heteroatoms. The minimum atomic E-state index is -0.624. The molecule has 0 aliphatic carbocycles. The van der Waals surface area contributed by atoms with Crippen molar-refractivity contribution < 1.29 is 9.72 Å². The van der Waals surface area contributed by atoms with E-state index in [1.165, 1.54) is 12.4 Å². The van der Waals surface area contributed by atoms with Crippen molar-refractivity contribution in [3.8, 4) is 0 Å². The van der Waals surface area contributed by atoms with Crippen LogP contribution in [0.5, 0.6) is 0 Å². The highest BCUT2D eigenvalue weighted by Crippen LogP contribution is 2.44. The first kappa shape index (κ1) is 18.9. The van der Waals surface area contributed by atoms with E-state index >= 15 is 0 Å². The Morgan fingerprint density at radius 3 is 2.42 bits per heavy atom. The molecule has 0 aliphatic rings. The Morgan fingerprint density at radius 1 is 1.33 bits per heavy atom. The zero-order valence-electron chi connectivity index (χ0n) is 12.7. The third kappa shape index (κ3) is 3.97. The maximum absolute atomic E-state index is 12.4. The van der Waals surface area contributed by atoms with Crippen LogP contribution < -0.4 is 0 Å². The fraction of sp³-hybridized carbons (Fsp3) is 0.308. The predicted molar refractivity (Wildman–Crippen MR) is 94.4 cm³/mol. The fourth-order valence-electron chi connectivity index (χ4n) is 1.81. The van der Waals surface area contributed by atoms with Gasteiger partial charge in [0.2, 0.25) is 0 Å². The Morgan fingerprint density at radius 2 is 1.92 bits per heavy atom. The molecule has 0 saturated heterocycles. The van der Waals surface area contributed by atoms with Gasteiger partial charge in [-0.1, -0.05) is 46.3 Å². The van der Waals surface area contributed by atoms with Crippen LogP contribution in [-0.2, 0) is 0 Å². The van der Waals surface area contributed by atoms with E-state index in [4.69, 9.17) is 23.2 Å². The zero-order valence-corrected chi connectivity index (χ0v) is 15.8. The van der Waals surface area contributed by atoms with Crippen LogP contribution >= 0.6 is 46.3 Å². The molecule has 0 aromatic carbocycles. The monoisotopic (exact) mass is 406 g/mol. The fourth-order valence-corrected chi connectivity index (χ4v) is 4.49. The Hall–Kier alpha value is -1.42. The van der Waals surface area contributed by atoms with Crippen LogP contribution in [0.4, 0.5) is 5.82 Å². The third-order valence-corrected chi connectivity index (χ3v) is 6.13. The van der Waals surface area contributed by atoms with E-state index in [2.05, 4.69) is 9.97 Å². The number of pyridine rings is 1. The maximum atomic E-state index is 12.4. The van der Waals surface area contributed by atoms with Gasteiger partial charge in [-0.05, 0) is 23.8 Å². The molecule has 0 saturated carbocycles. The van der Waals surface area contributed by atoms with Crippen LogP contribution in [0.3, 0.4) is 0 Å². The molecule has 0 bridgehead atoms. The second-order valence-electron chi connectivity index (χ2n) is 4.40. The molecular formula is C13H12Cl2N4O3S2. The van der Waals surface area contributed by atoms with Crippen molar-refractivity contribution in [2.45, 2.75) is 23.0 Å². The number of carbonyl (C=O) groups is 1. The van der Waals surface area contributed by atoms with E-state index in [0.29, 0.717) is 18.0 Å². The summed E-state index contributed by atoms with van der Waals surface area (Å²) in [4.78, 5) is 32.7. The number of hydrogen-bond donors (Lipinski definition) is 0. The largest absolute Gasteiger partial charge is 0.389 e. The van der Waals surface area contributed by atoms with Gasteiger partial charge in [-0.25, -0.2) is 0 Å². The van der Waals surface area contributed by atoms with Crippen molar-refractivity contribution >= 4 is 58.0 Å². The van der Waals surface area contributed by atoms with Gasteiger partial charge in [0.25, 0.3) is 5.01 Å². The van der Waals surface area contributed by atoms with Crippen molar-refractivity contribution in [3.05, 3.63) is 37.6 Å². The van der Waals surface area contributed by atoms with Gasteiger partial charge in [-0.2, -0.15) is 0 Å². The second kappa shape index (κ2) is 8.11. The summed E-state index contributed by atoms with van der Waals surface area (Å²) in [6, 6.07) is 0. The number of rotatable bonds is 6. The zero-order chi connectivity index (χ0) is 17.9. The Balaban J connectivity index is 2.43. The van der Waals surface area contributed by atoms with Gasteiger partial charge in [0.05, 0.1) is 14.9 Å². The first-order valence-electron chi connectivity index (χ1n) is 6.80. The molecule has 0 unspecified atom stereocenters. The molecule has 0 spiro atoms. The SMILES string of the molecule is CCN(CC)C(=O)c1nc([N+](=O)[O-])c(Sc2c(Cl)cncc2Cl)s1. The lowest BCUT2D eigenvalue weighted by Crippen LogP contribution is -2.30. The van der Waals surface area contributed by atoms with Gasteiger partial charge in [-0.15, -0.1) is 0 Å². The molecule has 0 atom stereocenters. The summed E-state index contributed by atoms with van der Waals surface area (Å²) in [5, 5.41) is 11.9. The summed E-state index contributed by atoms with van der Waals surface area (Å²) in [6.45, 7) is 4.64. The molecule has 1 amide bonds. The molecule has 24 heavy (non-hydrogen) atoms. The summed E-state index contributed by atoms with van der Waals surface area (Å²) in [5.74, 6) is -0.726. The normalized spacial score (nSPS) is 10.7. The smallest absolute Gasteiger partial charge is 0.358 e. The quantitative estimate of drug-likeness (QED) is 0.521.